The van der Waals surface area contributed by atoms with E-state index in [1.54, 1.807) is 0 Å². The van der Waals surface area contributed by atoms with Crippen molar-refractivity contribution in [3.05, 3.63) is 77.4 Å². The largest absolute Gasteiger partial charge is 0.345 e. The van der Waals surface area contributed by atoms with Gasteiger partial charge in [-0.2, -0.15) is 0 Å². The van der Waals surface area contributed by atoms with E-state index in [0.717, 1.165) is 24.0 Å². The van der Waals surface area contributed by atoms with Gasteiger partial charge in [-0.3, -0.25) is 4.79 Å². The molecule has 0 bridgehead atoms. The highest BCUT2D eigenvalue weighted by Gasteiger charge is 2.30. The number of carbonyl (C=O) groups excluding carboxylic acids is 1. The first-order chi connectivity index (χ1) is 10.3. The molecule has 1 heterocycles. The smallest absolute Gasteiger partial charge is 0.252 e. The maximum Gasteiger partial charge on any atom is 0.252 e. The third kappa shape index (κ3) is 2.75. The van der Waals surface area contributed by atoms with Crippen molar-refractivity contribution >= 4 is 11.5 Å². The number of rotatable bonds is 4. The van der Waals surface area contributed by atoms with Gasteiger partial charge in [0.1, 0.15) is 0 Å². The van der Waals surface area contributed by atoms with E-state index in [9.17, 15) is 4.79 Å². The van der Waals surface area contributed by atoms with Crippen LogP contribution in [0.25, 0.3) is 5.57 Å². The van der Waals surface area contributed by atoms with E-state index in [1.165, 1.54) is 11.1 Å². The molecule has 1 N–H and O–H groups in total. The predicted octanol–water partition coefficient (Wildman–Crippen LogP) is 3.59. The summed E-state index contributed by atoms with van der Waals surface area (Å²) in [6.07, 6.45) is 1.74. The molecule has 1 amide bonds. The minimum absolute atomic E-state index is 0.0546. The van der Waals surface area contributed by atoms with E-state index in [-0.39, 0.29) is 11.9 Å². The highest BCUT2D eigenvalue weighted by atomic mass is 16.2. The number of amides is 1. The van der Waals surface area contributed by atoms with Crippen molar-refractivity contribution in [3.63, 3.8) is 0 Å². The summed E-state index contributed by atoms with van der Waals surface area (Å²) in [4.78, 5) is 12.4. The van der Waals surface area contributed by atoms with Gasteiger partial charge >= 0.3 is 0 Å². The molecule has 1 atom stereocenters. The third-order valence-electron chi connectivity index (χ3n) is 4.00. The average molecular weight is 277 g/mol. The Balaban J connectivity index is 1.94. The minimum atomic E-state index is 0.0546. The quantitative estimate of drug-likeness (QED) is 0.909. The van der Waals surface area contributed by atoms with Gasteiger partial charge in [-0.1, -0.05) is 67.6 Å². The fraction of sp³-hybridized carbons (Fsp3) is 0.211. The second kappa shape index (κ2) is 5.96. The number of nitrogens with one attached hydrogen (secondary N) is 1. The Bertz CT molecular complexity index is 658. The van der Waals surface area contributed by atoms with Crippen LogP contribution in [0.3, 0.4) is 0 Å². The van der Waals surface area contributed by atoms with Crippen LogP contribution in [0.15, 0.2) is 66.2 Å². The third-order valence-corrected chi connectivity index (χ3v) is 4.00. The molecular formula is C19H19NO. The van der Waals surface area contributed by atoms with E-state index in [4.69, 9.17) is 0 Å². The Morgan fingerprint density at radius 1 is 0.952 bits per heavy atom. The monoisotopic (exact) mass is 277 g/mol. The molecule has 1 aliphatic heterocycles. The van der Waals surface area contributed by atoms with Gasteiger partial charge in [0.2, 0.25) is 0 Å². The van der Waals surface area contributed by atoms with Gasteiger partial charge in [-0.15, -0.1) is 0 Å². The highest BCUT2D eigenvalue weighted by Crippen LogP contribution is 2.30. The molecule has 0 aromatic heterocycles. The van der Waals surface area contributed by atoms with Crippen molar-refractivity contribution in [1.82, 2.24) is 5.32 Å². The van der Waals surface area contributed by atoms with Crippen molar-refractivity contribution in [2.24, 2.45) is 0 Å². The molecule has 2 aromatic carbocycles. The first-order valence-corrected chi connectivity index (χ1v) is 7.43. The summed E-state index contributed by atoms with van der Waals surface area (Å²) in [6, 6.07) is 20.4. The number of hydrogen-bond acceptors (Lipinski definition) is 1. The summed E-state index contributed by atoms with van der Waals surface area (Å²) in [5.74, 6) is 0.0546. The van der Waals surface area contributed by atoms with Crippen LogP contribution in [-0.2, 0) is 11.2 Å². The van der Waals surface area contributed by atoms with Crippen molar-refractivity contribution in [2.75, 3.05) is 0 Å². The molecule has 1 aliphatic rings. The summed E-state index contributed by atoms with van der Waals surface area (Å²) < 4.78 is 0. The van der Waals surface area contributed by atoms with E-state index in [1.807, 2.05) is 48.5 Å². The molecular weight excluding hydrogens is 258 g/mol. The topological polar surface area (TPSA) is 29.1 Å². The summed E-state index contributed by atoms with van der Waals surface area (Å²) in [6.45, 7) is 2.12. The molecule has 0 saturated heterocycles. The molecule has 1 unspecified atom stereocenters. The van der Waals surface area contributed by atoms with Crippen molar-refractivity contribution in [2.45, 2.75) is 25.8 Å². The van der Waals surface area contributed by atoms with Gasteiger partial charge < -0.3 is 5.32 Å². The van der Waals surface area contributed by atoms with Crippen LogP contribution in [0.4, 0.5) is 0 Å². The average Bonchev–Trinajstić information content (AvgIpc) is 2.84. The van der Waals surface area contributed by atoms with Crippen molar-refractivity contribution in [1.29, 1.82) is 0 Å². The Hall–Kier alpha value is -2.35. The van der Waals surface area contributed by atoms with Crippen molar-refractivity contribution in [3.8, 4) is 0 Å². The van der Waals surface area contributed by atoms with E-state index < -0.39 is 0 Å². The maximum absolute atomic E-state index is 12.4. The molecule has 2 nitrogen and oxygen atoms in total. The van der Waals surface area contributed by atoms with Gasteiger partial charge in [-0.25, -0.2) is 0 Å². The molecule has 2 heteroatoms. The minimum Gasteiger partial charge on any atom is -0.345 e. The number of carbonyl (C=O) groups is 1. The van der Waals surface area contributed by atoms with Gasteiger partial charge in [0, 0.05) is 5.57 Å². The SMILES string of the molecule is CCC1=C(c2ccccc2)C(=O)NC1Cc1ccccc1. The lowest BCUT2D eigenvalue weighted by Crippen LogP contribution is -2.30. The fourth-order valence-corrected chi connectivity index (χ4v) is 3.01. The fourth-order valence-electron chi connectivity index (χ4n) is 3.01. The predicted molar refractivity (Wildman–Crippen MR) is 85.7 cm³/mol. The molecule has 3 rings (SSSR count). The zero-order chi connectivity index (χ0) is 14.7. The number of benzene rings is 2. The first kappa shape index (κ1) is 13.6. The first-order valence-electron chi connectivity index (χ1n) is 7.43. The van der Waals surface area contributed by atoms with Crippen LogP contribution in [0, 0.1) is 0 Å². The zero-order valence-corrected chi connectivity index (χ0v) is 12.2. The summed E-state index contributed by atoms with van der Waals surface area (Å²) in [5.41, 5.74) is 4.35. The van der Waals surface area contributed by atoms with Crippen LogP contribution in [0.1, 0.15) is 24.5 Å². The molecule has 0 radical (unpaired) electrons. The lowest BCUT2D eigenvalue weighted by Gasteiger charge is -2.14. The van der Waals surface area contributed by atoms with Crippen LogP contribution in [0.2, 0.25) is 0 Å². The maximum atomic E-state index is 12.4. The molecule has 0 saturated carbocycles. The molecule has 106 valence electrons. The van der Waals surface area contributed by atoms with E-state index in [0.29, 0.717) is 0 Å². The van der Waals surface area contributed by atoms with Gasteiger partial charge in [0.25, 0.3) is 5.91 Å². The molecule has 2 aromatic rings. The Morgan fingerprint density at radius 2 is 1.57 bits per heavy atom. The van der Waals surface area contributed by atoms with E-state index >= 15 is 0 Å². The lowest BCUT2D eigenvalue weighted by atomic mass is 9.93. The van der Waals surface area contributed by atoms with Crippen LogP contribution >= 0.6 is 0 Å². The molecule has 0 spiro atoms. The lowest BCUT2D eigenvalue weighted by molar-refractivity contribution is -0.115. The van der Waals surface area contributed by atoms with Crippen LogP contribution < -0.4 is 5.32 Å². The highest BCUT2D eigenvalue weighted by molar-refractivity contribution is 6.23. The molecule has 0 aliphatic carbocycles. The van der Waals surface area contributed by atoms with Crippen LogP contribution in [0.5, 0.6) is 0 Å². The summed E-state index contributed by atoms with van der Waals surface area (Å²) >= 11 is 0. The Morgan fingerprint density at radius 3 is 2.19 bits per heavy atom. The molecule has 0 fully saturated rings. The standard InChI is InChI=1S/C19H19NO/c1-2-16-17(13-14-9-5-3-6-10-14)20-19(21)18(16)15-11-7-4-8-12-15/h3-12,17H,2,13H2,1H3,(H,20,21). The zero-order valence-electron chi connectivity index (χ0n) is 12.2. The van der Waals surface area contributed by atoms with Gasteiger partial charge in [-0.05, 0) is 29.5 Å². The Labute approximate surface area is 125 Å². The molecule has 21 heavy (non-hydrogen) atoms. The van der Waals surface area contributed by atoms with Crippen molar-refractivity contribution < 1.29 is 4.79 Å². The second-order valence-corrected chi connectivity index (χ2v) is 5.34. The summed E-state index contributed by atoms with van der Waals surface area (Å²) in [5, 5.41) is 3.14. The van der Waals surface area contributed by atoms with E-state index in [2.05, 4.69) is 24.4 Å². The van der Waals surface area contributed by atoms with Crippen LogP contribution in [-0.4, -0.2) is 11.9 Å². The second-order valence-electron chi connectivity index (χ2n) is 5.34. The Kier molecular flexibility index (Phi) is 3.87. The summed E-state index contributed by atoms with van der Waals surface area (Å²) in [7, 11) is 0. The number of hydrogen-bond donors (Lipinski definition) is 1. The van der Waals surface area contributed by atoms with Gasteiger partial charge in [0.15, 0.2) is 0 Å². The normalized spacial score (nSPS) is 18.0. The van der Waals surface area contributed by atoms with Gasteiger partial charge in [0.05, 0.1) is 6.04 Å².